The topological polar surface area (TPSA) is 101 Å². The summed E-state index contributed by atoms with van der Waals surface area (Å²) in [7, 11) is 0. The number of hydrogen-bond acceptors (Lipinski definition) is 5. The lowest BCUT2D eigenvalue weighted by atomic mass is 10.0. The average Bonchev–Trinajstić information content (AvgIpc) is 2.98. The van der Waals surface area contributed by atoms with Gasteiger partial charge in [-0.1, -0.05) is 27.7 Å². The highest BCUT2D eigenvalue weighted by atomic mass is 16.2. The molecular weight excluding hydrogens is 310 g/mol. The Labute approximate surface area is 142 Å². The van der Waals surface area contributed by atoms with Crippen LogP contribution in [0.3, 0.4) is 0 Å². The van der Waals surface area contributed by atoms with Crippen LogP contribution >= 0.6 is 0 Å². The van der Waals surface area contributed by atoms with Crippen molar-refractivity contribution in [2.24, 2.45) is 17.6 Å². The molecule has 0 aromatic rings. The minimum Gasteiger partial charge on any atom is -0.328 e. The summed E-state index contributed by atoms with van der Waals surface area (Å²) in [5, 5.41) is 0. The van der Waals surface area contributed by atoms with E-state index in [1.54, 1.807) is 0 Å². The van der Waals surface area contributed by atoms with Gasteiger partial charge < -0.3 is 5.73 Å². The number of carbonyl (C=O) groups is 4. The molecule has 0 aliphatic carbocycles. The third-order valence-corrected chi connectivity index (χ3v) is 3.63. The smallest absolute Gasteiger partial charge is 0.253 e. The molecule has 0 saturated carbocycles. The van der Waals surface area contributed by atoms with Gasteiger partial charge >= 0.3 is 0 Å². The molecular formula is C17H25N3O4. The minimum absolute atomic E-state index is 0.185. The van der Waals surface area contributed by atoms with Crippen molar-refractivity contribution >= 4 is 23.6 Å². The lowest BCUT2D eigenvalue weighted by molar-refractivity contribution is -0.141. The first-order valence-electron chi connectivity index (χ1n) is 7.97. The summed E-state index contributed by atoms with van der Waals surface area (Å²) in [6, 6.07) is -0.185. The number of nitrogens with two attached hydrogens (primary N) is 1. The van der Waals surface area contributed by atoms with Crippen molar-refractivity contribution in [1.29, 1.82) is 0 Å². The van der Waals surface area contributed by atoms with Gasteiger partial charge in [0.15, 0.2) is 0 Å². The van der Waals surface area contributed by atoms with Gasteiger partial charge in [-0.3, -0.25) is 29.0 Å². The van der Waals surface area contributed by atoms with E-state index in [-0.39, 0.29) is 35.6 Å². The predicted molar refractivity (Wildman–Crippen MR) is 89.4 cm³/mol. The maximum Gasteiger partial charge on any atom is 0.253 e. The van der Waals surface area contributed by atoms with Crippen molar-refractivity contribution in [3.8, 4) is 0 Å². The van der Waals surface area contributed by atoms with Crippen molar-refractivity contribution in [3.05, 3.63) is 24.3 Å². The van der Waals surface area contributed by atoms with Gasteiger partial charge in [0.2, 0.25) is 0 Å². The van der Waals surface area contributed by atoms with Gasteiger partial charge in [0.05, 0.1) is 6.04 Å². The molecule has 0 saturated heterocycles. The van der Waals surface area contributed by atoms with E-state index in [9.17, 15) is 19.2 Å². The summed E-state index contributed by atoms with van der Waals surface area (Å²) >= 11 is 0. The summed E-state index contributed by atoms with van der Waals surface area (Å²) in [4.78, 5) is 46.9. The fourth-order valence-corrected chi connectivity index (χ4v) is 2.39. The quantitative estimate of drug-likeness (QED) is 0.736. The van der Waals surface area contributed by atoms with Gasteiger partial charge in [0.1, 0.15) is 0 Å². The highest BCUT2D eigenvalue weighted by Gasteiger charge is 2.31. The van der Waals surface area contributed by atoms with Gasteiger partial charge in [-0.2, -0.15) is 0 Å². The van der Waals surface area contributed by atoms with E-state index in [1.807, 2.05) is 27.7 Å². The molecule has 0 bridgehead atoms. The van der Waals surface area contributed by atoms with E-state index in [1.165, 1.54) is 34.1 Å². The lowest BCUT2D eigenvalue weighted by Crippen LogP contribution is -2.47. The Hall–Kier alpha value is -2.28. The monoisotopic (exact) mass is 335 g/mol. The van der Waals surface area contributed by atoms with Crippen LogP contribution < -0.4 is 5.73 Å². The van der Waals surface area contributed by atoms with Crippen LogP contribution in [0.2, 0.25) is 0 Å². The number of rotatable bonds is 5. The molecule has 0 fully saturated rings. The second-order valence-electron chi connectivity index (χ2n) is 6.44. The fourth-order valence-electron chi connectivity index (χ4n) is 2.39. The van der Waals surface area contributed by atoms with E-state index in [0.717, 1.165) is 0 Å². The fraction of sp³-hybridized carbons (Fsp3) is 0.529. The first kappa shape index (κ1) is 19.8. The van der Waals surface area contributed by atoms with Gasteiger partial charge in [-0.05, 0) is 11.8 Å². The van der Waals surface area contributed by atoms with Gasteiger partial charge in [0, 0.05) is 37.4 Å². The first-order valence-corrected chi connectivity index (χ1v) is 7.97. The molecule has 1 atom stereocenters. The van der Waals surface area contributed by atoms with Crippen molar-refractivity contribution in [2.75, 3.05) is 13.1 Å². The number of nitrogens with zero attached hydrogens (tertiary/aromatic N) is 2. The number of hydrogen-bond donors (Lipinski definition) is 1. The molecule has 2 aliphatic heterocycles. The summed E-state index contributed by atoms with van der Waals surface area (Å²) in [6.07, 6.45) is 5.19. The Balaban J connectivity index is 0.000000243. The van der Waals surface area contributed by atoms with Crippen LogP contribution in [0.25, 0.3) is 0 Å². The average molecular weight is 335 g/mol. The highest BCUT2D eigenvalue weighted by Crippen LogP contribution is 2.14. The Morgan fingerprint density at radius 2 is 1.25 bits per heavy atom. The van der Waals surface area contributed by atoms with E-state index in [4.69, 9.17) is 5.73 Å². The Bertz CT molecular complexity index is 542. The zero-order valence-corrected chi connectivity index (χ0v) is 14.6. The maximum atomic E-state index is 11.3. The van der Waals surface area contributed by atoms with Crippen LogP contribution in [0.5, 0.6) is 0 Å². The molecule has 1 unspecified atom stereocenters. The molecule has 0 spiro atoms. The van der Waals surface area contributed by atoms with E-state index >= 15 is 0 Å². The molecule has 7 nitrogen and oxygen atoms in total. The summed E-state index contributed by atoms with van der Waals surface area (Å²) in [5.74, 6) is -0.365. The van der Waals surface area contributed by atoms with Crippen molar-refractivity contribution in [3.63, 3.8) is 0 Å². The second-order valence-corrected chi connectivity index (χ2v) is 6.44. The zero-order chi connectivity index (χ0) is 18.4. The Kier molecular flexibility index (Phi) is 7.03. The van der Waals surface area contributed by atoms with Crippen LogP contribution in [0.4, 0.5) is 0 Å². The zero-order valence-electron chi connectivity index (χ0n) is 14.6. The van der Waals surface area contributed by atoms with Crippen LogP contribution in [-0.2, 0) is 19.2 Å². The summed E-state index contributed by atoms with van der Waals surface area (Å²) < 4.78 is 0. The number of imide groups is 2. The molecule has 24 heavy (non-hydrogen) atoms. The SMILES string of the molecule is CC(C)C(CN)N1C(=O)C=CC1=O.CC(C)CN1C(=O)C=CC1=O. The number of amides is 4. The number of carbonyl (C=O) groups excluding carboxylic acids is 4. The molecule has 0 aromatic heterocycles. The summed E-state index contributed by atoms with van der Waals surface area (Å²) in [6.45, 7) is 8.66. The van der Waals surface area contributed by atoms with E-state index < -0.39 is 0 Å². The molecule has 0 aromatic carbocycles. The third kappa shape index (κ3) is 4.86. The van der Waals surface area contributed by atoms with Crippen LogP contribution in [0.15, 0.2) is 24.3 Å². The van der Waals surface area contributed by atoms with E-state index in [0.29, 0.717) is 19.0 Å². The molecule has 2 aliphatic rings. The molecule has 4 amide bonds. The molecule has 2 rings (SSSR count). The van der Waals surface area contributed by atoms with Crippen molar-refractivity contribution in [1.82, 2.24) is 9.80 Å². The first-order chi connectivity index (χ1) is 11.2. The van der Waals surface area contributed by atoms with Crippen LogP contribution in [0.1, 0.15) is 27.7 Å². The predicted octanol–water partition coefficient (Wildman–Crippen LogP) is 0.462. The molecule has 0 radical (unpaired) electrons. The van der Waals surface area contributed by atoms with Crippen LogP contribution in [-0.4, -0.2) is 52.6 Å². The minimum atomic E-state index is -0.255. The molecule has 7 heteroatoms. The second kappa shape index (κ2) is 8.54. The van der Waals surface area contributed by atoms with Crippen molar-refractivity contribution in [2.45, 2.75) is 33.7 Å². The van der Waals surface area contributed by atoms with Gasteiger partial charge in [-0.25, -0.2) is 0 Å². The van der Waals surface area contributed by atoms with Crippen molar-refractivity contribution < 1.29 is 19.2 Å². The normalized spacial score (nSPS) is 18.1. The molecule has 2 heterocycles. The highest BCUT2D eigenvalue weighted by molar-refractivity contribution is 6.13. The standard InChI is InChI=1S/C9H14N2O2.C8H11NO2/c1-6(2)7(5-10)11-8(12)3-4-9(11)13;1-6(2)5-9-7(10)3-4-8(9)11/h3-4,6-7H,5,10H2,1-2H3;3-4,6H,5H2,1-2H3. The maximum absolute atomic E-state index is 11.3. The third-order valence-electron chi connectivity index (χ3n) is 3.63. The summed E-state index contributed by atoms with van der Waals surface area (Å²) in [5.41, 5.74) is 5.50. The van der Waals surface area contributed by atoms with E-state index in [2.05, 4.69) is 0 Å². The lowest BCUT2D eigenvalue weighted by Gasteiger charge is -2.27. The largest absolute Gasteiger partial charge is 0.328 e. The Morgan fingerprint density at radius 3 is 1.58 bits per heavy atom. The Morgan fingerprint density at radius 1 is 0.833 bits per heavy atom. The van der Waals surface area contributed by atoms with Gasteiger partial charge in [-0.15, -0.1) is 0 Å². The van der Waals surface area contributed by atoms with Gasteiger partial charge in [0.25, 0.3) is 23.6 Å². The van der Waals surface area contributed by atoms with Crippen LogP contribution in [0, 0.1) is 11.8 Å². The molecule has 2 N–H and O–H groups in total. The molecule has 132 valence electrons.